The zero-order chi connectivity index (χ0) is 18.5. The van der Waals surface area contributed by atoms with E-state index in [4.69, 9.17) is 28.4 Å². The second kappa shape index (κ2) is 13.8. The molecule has 0 aromatic rings. The maximum Gasteiger partial charge on any atom is 0.186 e. The Morgan fingerprint density at radius 3 is 1.68 bits per heavy atom. The van der Waals surface area contributed by atoms with Gasteiger partial charge in [0.05, 0.1) is 59.0 Å². The van der Waals surface area contributed by atoms with Crippen LogP contribution in [0.2, 0.25) is 0 Å². The van der Waals surface area contributed by atoms with Gasteiger partial charge >= 0.3 is 0 Å². The summed E-state index contributed by atoms with van der Waals surface area (Å²) in [6.07, 6.45) is -5.32. The summed E-state index contributed by atoms with van der Waals surface area (Å²) in [5, 5.41) is 29.0. The molecular weight excluding hydrogens is 336 g/mol. The fraction of sp³-hybridized carbons (Fsp3) is 1.00. The molecule has 0 bridgehead atoms. The zero-order valence-corrected chi connectivity index (χ0v) is 15.0. The Hall–Kier alpha value is -0.360. The number of ether oxygens (including phenoxy) is 6. The normalized spacial score (nSPS) is 29.9. The molecule has 5 atom stereocenters. The minimum Gasteiger partial charge on any atom is -0.388 e. The molecule has 0 spiro atoms. The van der Waals surface area contributed by atoms with Gasteiger partial charge in [-0.25, -0.2) is 0 Å². The van der Waals surface area contributed by atoms with Crippen LogP contribution in [0.15, 0.2) is 0 Å². The third-order valence-corrected chi connectivity index (χ3v) is 3.64. The molecule has 0 aromatic heterocycles. The molecule has 9 nitrogen and oxygen atoms in total. The molecule has 0 amide bonds. The van der Waals surface area contributed by atoms with E-state index in [2.05, 4.69) is 0 Å². The molecule has 3 unspecified atom stereocenters. The van der Waals surface area contributed by atoms with E-state index in [9.17, 15) is 15.3 Å². The van der Waals surface area contributed by atoms with E-state index >= 15 is 0 Å². The first-order chi connectivity index (χ1) is 12.1. The van der Waals surface area contributed by atoms with Crippen molar-refractivity contribution >= 4 is 0 Å². The van der Waals surface area contributed by atoms with Crippen molar-refractivity contribution in [1.82, 2.24) is 0 Å². The lowest BCUT2D eigenvalue weighted by Gasteiger charge is -2.38. The van der Waals surface area contributed by atoms with Crippen LogP contribution < -0.4 is 0 Å². The minimum absolute atomic E-state index is 0.192. The van der Waals surface area contributed by atoms with Crippen LogP contribution in [0.1, 0.15) is 13.8 Å². The standard InChI is InChI=1S/C16H32O9/c1-3-20-4-5-21-6-7-22-8-9-23-10-11-24-16-15(19)14(18)13(17)12(2)25-16/h12-19H,3-11H2,1-2H3/t12-,13?,14?,15?,16+/m0/s1. The summed E-state index contributed by atoms with van der Waals surface area (Å²) in [6, 6.07) is 0. The second-order valence-corrected chi connectivity index (χ2v) is 5.59. The number of aliphatic hydroxyl groups is 3. The van der Waals surface area contributed by atoms with Crippen LogP contribution in [0, 0.1) is 0 Å². The lowest BCUT2D eigenvalue weighted by Crippen LogP contribution is -2.57. The van der Waals surface area contributed by atoms with Gasteiger partial charge in [-0.3, -0.25) is 0 Å². The molecule has 1 aliphatic heterocycles. The predicted octanol–water partition coefficient (Wildman–Crippen LogP) is -1.08. The molecule has 1 rings (SSSR count). The maximum atomic E-state index is 9.78. The van der Waals surface area contributed by atoms with Crippen LogP contribution in [-0.4, -0.2) is 105 Å². The highest BCUT2D eigenvalue weighted by molar-refractivity contribution is 4.87. The fourth-order valence-electron chi connectivity index (χ4n) is 2.18. The number of hydrogen-bond donors (Lipinski definition) is 3. The first kappa shape index (κ1) is 22.7. The lowest BCUT2D eigenvalue weighted by atomic mass is 10.0. The topological polar surface area (TPSA) is 116 Å². The molecule has 25 heavy (non-hydrogen) atoms. The van der Waals surface area contributed by atoms with Crippen molar-refractivity contribution in [3.8, 4) is 0 Å². The first-order valence-electron chi connectivity index (χ1n) is 8.70. The molecule has 0 aliphatic carbocycles. The van der Waals surface area contributed by atoms with E-state index in [1.807, 2.05) is 6.92 Å². The van der Waals surface area contributed by atoms with Crippen LogP contribution in [0.4, 0.5) is 0 Å². The van der Waals surface area contributed by atoms with Crippen LogP contribution in [-0.2, 0) is 28.4 Å². The summed E-state index contributed by atoms with van der Waals surface area (Å²) in [5.74, 6) is 0. The van der Waals surface area contributed by atoms with Gasteiger partial charge in [-0.2, -0.15) is 0 Å². The first-order valence-corrected chi connectivity index (χ1v) is 8.70. The van der Waals surface area contributed by atoms with Crippen molar-refractivity contribution in [2.24, 2.45) is 0 Å². The van der Waals surface area contributed by atoms with Crippen molar-refractivity contribution in [1.29, 1.82) is 0 Å². The summed E-state index contributed by atoms with van der Waals surface area (Å²) in [5.41, 5.74) is 0. The molecule has 1 aliphatic rings. The van der Waals surface area contributed by atoms with E-state index in [0.29, 0.717) is 52.9 Å². The number of aliphatic hydroxyl groups excluding tert-OH is 3. The molecule has 0 saturated carbocycles. The van der Waals surface area contributed by atoms with E-state index in [-0.39, 0.29) is 6.61 Å². The monoisotopic (exact) mass is 368 g/mol. The van der Waals surface area contributed by atoms with Crippen molar-refractivity contribution in [2.75, 3.05) is 59.5 Å². The highest BCUT2D eigenvalue weighted by atomic mass is 16.7. The minimum atomic E-state index is -1.29. The van der Waals surface area contributed by atoms with Gasteiger partial charge in [0, 0.05) is 6.61 Å². The molecule has 1 heterocycles. The van der Waals surface area contributed by atoms with Crippen LogP contribution in [0.25, 0.3) is 0 Å². The van der Waals surface area contributed by atoms with Gasteiger partial charge in [0.15, 0.2) is 6.29 Å². The quantitative estimate of drug-likeness (QED) is 0.329. The van der Waals surface area contributed by atoms with Crippen LogP contribution >= 0.6 is 0 Å². The average Bonchev–Trinajstić information content (AvgIpc) is 2.61. The smallest absolute Gasteiger partial charge is 0.186 e. The van der Waals surface area contributed by atoms with Gasteiger partial charge < -0.3 is 43.7 Å². The van der Waals surface area contributed by atoms with Crippen molar-refractivity contribution in [2.45, 2.75) is 44.6 Å². The zero-order valence-electron chi connectivity index (χ0n) is 15.0. The lowest BCUT2D eigenvalue weighted by molar-refractivity contribution is -0.294. The van der Waals surface area contributed by atoms with Gasteiger partial charge in [0.25, 0.3) is 0 Å². The average molecular weight is 368 g/mol. The predicted molar refractivity (Wildman–Crippen MR) is 87.3 cm³/mol. The summed E-state index contributed by atoms with van der Waals surface area (Å²) < 4.78 is 31.7. The summed E-state index contributed by atoms with van der Waals surface area (Å²) >= 11 is 0. The Balaban J connectivity index is 1.90. The molecule has 1 saturated heterocycles. The molecule has 0 aromatic carbocycles. The second-order valence-electron chi connectivity index (χ2n) is 5.59. The summed E-state index contributed by atoms with van der Waals surface area (Å²) in [7, 11) is 0. The van der Waals surface area contributed by atoms with Gasteiger partial charge in [-0.15, -0.1) is 0 Å². The molecule has 150 valence electrons. The maximum absolute atomic E-state index is 9.78. The third-order valence-electron chi connectivity index (χ3n) is 3.64. The summed E-state index contributed by atoms with van der Waals surface area (Å²) in [6.45, 7) is 7.73. The third kappa shape index (κ3) is 9.23. The highest BCUT2D eigenvalue weighted by Gasteiger charge is 2.42. The van der Waals surface area contributed by atoms with Gasteiger partial charge in [-0.05, 0) is 13.8 Å². The van der Waals surface area contributed by atoms with Gasteiger partial charge in [0.2, 0.25) is 0 Å². The fourth-order valence-corrected chi connectivity index (χ4v) is 2.18. The van der Waals surface area contributed by atoms with Crippen molar-refractivity contribution in [3.05, 3.63) is 0 Å². The van der Waals surface area contributed by atoms with Gasteiger partial charge in [-0.1, -0.05) is 0 Å². The van der Waals surface area contributed by atoms with E-state index in [0.717, 1.165) is 0 Å². The van der Waals surface area contributed by atoms with Crippen molar-refractivity contribution in [3.63, 3.8) is 0 Å². The number of hydrogen-bond acceptors (Lipinski definition) is 9. The molecular formula is C16H32O9. The van der Waals surface area contributed by atoms with E-state index in [1.165, 1.54) is 0 Å². The molecule has 3 N–H and O–H groups in total. The molecule has 9 heteroatoms. The Bertz CT molecular complexity index is 318. The van der Waals surface area contributed by atoms with Crippen LogP contribution in [0.3, 0.4) is 0 Å². The molecule has 0 radical (unpaired) electrons. The largest absolute Gasteiger partial charge is 0.388 e. The van der Waals surface area contributed by atoms with E-state index in [1.54, 1.807) is 6.92 Å². The van der Waals surface area contributed by atoms with Gasteiger partial charge in [0.1, 0.15) is 18.3 Å². The van der Waals surface area contributed by atoms with E-state index < -0.39 is 30.7 Å². The number of rotatable bonds is 14. The van der Waals surface area contributed by atoms with Crippen LogP contribution in [0.5, 0.6) is 0 Å². The Labute approximate surface area is 148 Å². The Kier molecular flexibility index (Phi) is 12.5. The Morgan fingerprint density at radius 2 is 1.16 bits per heavy atom. The Morgan fingerprint density at radius 1 is 0.680 bits per heavy atom. The van der Waals surface area contributed by atoms with Crippen molar-refractivity contribution < 1.29 is 43.7 Å². The molecule has 1 fully saturated rings. The summed E-state index contributed by atoms with van der Waals surface area (Å²) in [4.78, 5) is 0. The SMILES string of the molecule is CCOCCOCCOCCOCCO[C@@H]1O[C@@H](C)C(O)C(O)C1O. The highest BCUT2D eigenvalue weighted by Crippen LogP contribution is 2.21.